The Morgan fingerprint density at radius 1 is 1.03 bits per heavy atom. The van der Waals surface area contributed by atoms with Gasteiger partial charge in [-0.3, -0.25) is 15.1 Å². The highest BCUT2D eigenvalue weighted by Crippen LogP contribution is 2.38. The Balaban J connectivity index is 1.68. The molecule has 4 heterocycles. The summed E-state index contributed by atoms with van der Waals surface area (Å²) < 4.78 is 6.50. The van der Waals surface area contributed by atoms with Crippen molar-refractivity contribution in [1.29, 1.82) is 0 Å². The van der Waals surface area contributed by atoms with Crippen molar-refractivity contribution in [3.05, 3.63) is 65.0 Å². The van der Waals surface area contributed by atoms with Crippen LogP contribution < -0.4 is 4.90 Å². The highest BCUT2D eigenvalue weighted by atomic mass is 32.1. The third kappa shape index (κ3) is 3.49. The number of benzene rings is 1. The number of aromatic nitrogens is 3. The maximum atomic E-state index is 11.2. The third-order valence-electron chi connectivity index (χ3n) is 4.94. The molecule has 1 aliphatic heterocycles. The van der Waals surface area contributed by atoms with Gasteiger partial charge in [-0.25, -0.2) is 9.97 Å². The number of nitro groups is 1. The second-order valence-electron chi connectivity index (χ2n) is 6.84. The fourth-order valence-electron chi connectivity index (χ4n) is 3.45. The van der Waals surface area contributed by atoms with Crippen LogP contribution in [0.3, 0.4) is 0 Å². The fraction of sp³-hybridized carbons (Fsp3) is 0.190. The fourth-order valence-corrected chi connectivity index (χ4v) is 4.57. The Morgan fingerprint density at radius 2 is 1.83 bits per heavy atom. The molecule has 1 aromatic carbocycles. The van der Waals surface area contributed by atoms with E-state index in [0.717, 1.165) is 39.6 Å². The highest BCUT2D eigenvalue weighted by molar-refractivity contribution is 7.22. The van der Waals surface area contributed by atoms with Gasteiger partial charge in [-0.1, -0.05) is 12.1 Å². The van der Waals surface area contributed by atoms with Gasteiger partial charge >= 0.3 is 0 Å². The number of nitrogens with zero attached hydrogens (tertiary/aromatic N) is 5. The Kier molecular flexibility index (Phi) is 4.82. The first-order valence-corrected chi connectivity index (χ1v) is 10.3. The SMILES string of the molecule is O=[N+]([O-])c1cccc(-c2nc(N3CCOCC3)c3sc(-c4ccncc4)cc3n2)c1. The maximum absolute atomic E-state index is 11.2. The van der Waals surface area contributed by atoms with Crippen molar-refractivity contribution in [2.24, 2.45) is 0 Å². The van der Waals surface area contributed by atoms with Gasteiger partial charge in [0.25, 0.3) is 5.69 Å². The zero-order chi connectivity index (χ0) is 20.5. The second-order valence-corrected chi connectivity index (χ2v) is 7.89. The molecule has 9 heteroatoms. The number of nitro benzene ring substituents is 1. The first kappa shape index (κ1) is 18.6. The Hall–Kier alpha value is -3.43. The molecule has 1 saturated heterocycles. The average molecular weight is 419 g/mol. The van der Waals surface area contributed by atoms with Crippen molar-refractivity contribution in [1.82, 2.24) is 15.0 Å². The van der Waals surface area contributed by atoms with Crippen molar-refractivity contribution in [2.45, 2.75) is 0 Å². The van der Waals surface area contributed by atoms with E-state index in [0.29, 0.717) is 24.6 Å². The van der Waals surface area contributed by atoms with Gasteiger partial charge in [-0.15, -0.1) is 11.3 Å². The second kappa shape index (κ2) is 7.77. The summed E-state index contributed by atoms with van der Waals surface area (Å²) in [5.41, 5.74) is 2.53. The number of morpholine rings is 1. The van der Waals surface area contributed by atoms with E-state index in [-0.39, 0.29) is 5.69 Å². The molecule has 0 radical (unpaired) electrons. The molecule has 0 unspecified atom stereocenters. The van der Waals surface area contributed by atoms with E-state index >= 15 is 0 Å². The first-order chi connectivity index (χ1) is 14.7. The summed E-state index contributed by atoms with van der Waals surface area (Å²) in [6.07, 6.45) is 3.53. The molecule has 0 bridgehead atoms. The number of pyridine rings is 1. The molecule has 0 saturated carbocycles. The number of ether oxygens (including phenoxy) is 1. The molecular formula is C21H17N5O3S. The van der Waals surface area contributed by atoms with Gasteiger partial charge in [0.15, 0.2) is 11.6 Å². The summed E-state index contributed by atoms with van der Waals surface area (Å²) in [5.74, 6) is 1.32. The van der Waals surface area contributed by atoms with Gasteiger partial charge in [0, 0.05) is 48.1 Å². The van der Waals surface area contributed by atoms with Crippen LogP contribution in [0, 0.1) is 10.1 Å². The van der Waals surface area contributed by atoms with Crippen LogP contribution in [0.4, 0.5) is 11.5 Å². The summed E-state index contributed by atoms with van der Waals surface area (Å²) in [7, 11) is 0. The molecule has 1 fully saturated rings. The standard InChI is InChI=1S/C21H17N5O3S/c27-26(28)16-3-1-2-15(12-16)20-23-17-13-18(14-4-6-22-7-5-14)30-19(17)21(24-20)25-8-10-29-11-9-25/h1-7,12-13H,8-11H2. The lowest BCUT2D eigenvalue weighted by Crippen LogP contribution is -2.36. The number of rotatable bonds is 4. The smallest absolute Gasteiger partial charge is 0.270 e. The van der Waals surface area contributed by atoms with Gasteiger partial charge in [0.05, 0.1) is 28.4 Å². The third-order valence-corrected chi connectivity index (χ3v) is 6.11. The number of anilines is 1. The molecule has 3 aromatic heterocycles. The molecule has 0 atom stereocenters. The molecule has 4 aromatic rings. The summed E-state index contributed by atoms with van der Waals surface area (Å²) in [6, 6.07) is 12.4. The predicted molar refractivity (Wildman–Crippen MR) is 116 cm³/mol. The van der Waals surface area contributed by atoms with Crippen LogP contribution in [0.5, 0.6) is 0 Å². The van der Waals surface area contributed by atoms with Gasteiger partial charge in [0.2, 0.25) is 0 Å². The molecule has 0 spiro atoms. The van der Waals surface area contributed by atoms with Gasteiger partial charge in [-0.05, 0) is 23.8 Å². The number of non-ortho nitro benzene ring substituents is 1. The lowest BCUT2D eigenvalue weighted by molar-refractivity contribution is -0.384. The Morgan fingerprint density at radius 3 is 2.60 bits per heavy atom. The van der Waals surface area contributed by atoms with Gasteiger partial charge in [-0.2, -0.15) is 0 Å². The lowest BCUT2D eigenvalue weighted by atomic mass is 10.2. The highest BCUT2D eigenvalue weighted by Gasteiger charge is 2.21. The van der Waals surface area contributed by atoms with Crippen molar-refractivity contribution in [2.75, 3.05) is 31.2 Å². The van der Waals surface area contributed by atoms with Crippen molar-refractivity contribution < 1.29 is 9.66 Å². The normalized spacial score (nSPS) is 14.2. The maximum Gasteiger partial charge on any atom is 0.270 e. The molecular weight excluding hydrogens is 402 g/mol. The summed E-state index contributed by atoms with van der Waals surface area (Å²) in [6.45, 7) is 2.76. The van der Waals surface area contributed by atoms with E-state index in [1.54, 1.807) is 35.9 Å². The van der Waals surface area contributed by atoms with E-state index in [1.807, 2.05) is 18.2 Å². The monoisotopic (exact) mass is 419 g/mol. The number of hydrogen-bond acceptors (Lipinski definition) is 8. The molecule has 0 amide bonds. The predicted octanol–water partition coefficient (Wildman–Crippen LogP) is 4.17. The number of fused-ring (bicyclic) bond motifs is 1. The summed E-state index contributed by atoms with van der Waals surface area (Å²) >= 11 is 1.64. The van der Waals surface area contributed by atoms with Crippen LogP contribution in [0.2, 0.25) is 0 Å². The van der Waals surface area contributed by atoms with Gasteiger partial charge in [0.1, 0.15) is 0 Å². The van der Waals surface area contributed by atoms with Crippen LogP contribution >= 0.6 is 11.3 Å². The van der Waals surface area contributed by atoms with Crippen molar-refractivity contribution >= 4 is 33.1 Å². The van der Waals surface area contributed by atoms with E-state index in [2.05, 4.69) is 9.88 Å². The zero-order valence-corrected chi connectivity index (χ0v) is 16.7. The van der Waals surface area contributed by atoms with E-state index in [9.17, 15) is 10.1 Å². The zero-order valence-electron chi connectivity index (χ0n) is 15.9. The first-order valence-electron chi connectivity index (χ1n) is 9.48. The molecule has 0 aliphatic carbocycles. The van der Waals surface area contributed by atoms with E-state index in [1.165, 1.54) is 12.1 Å². The van der Waals surface area contributed by atoms with Crippen LogP contribution in [0.1, 0.15) is 0 Å². The summed E-state index contributed by atoms with van der Waals surface area (Å²) in [4.78, 5) is 27.8. The molecule has 30 heavy (non-hydrogen) atoms. The van der Waals surface area contributed by atoms with Crippen LogP contribution in [0.25, 0.3) is 32.0 Å². The lowest BCUT2D eigenvalue weighted by Gasteiger charge is -2.28. The molecule has 150 valence electrons. The van der Waals surface area contributed by atoms with E-state index in [4.69, 9.17) is 14.7 Å². The van der Waals surface area contributed by atoms with E-state index < -0.39 is 4.92 Å². The molecule has 1 aliphatic rings. The summed E-state index contributed by atoms with van der Waals surface area (Å²) in [5, 5.41) is 11.2. The topological polar surface area (TPSA) is 94.3 Å². The van der Waals surface area contributed by atoms with Crippen molar-refractivity contribution in [3.63, 3.8) is 0 Å². The minimum atomic E-state index is -0.406. The van der Waals surface area contributed by atoms with Crippen LogP contribution in [-0.2, 0) is 4.74 Å². The molecule has 8 nitrogen and oxygen atoms in total. The average Bonchev–Trinajstić information content (AvgIpc) is 3.24. The number of hydrogen-bond donors (Lipinski definition) is 0. The Labute approximate surface area is 176 Å². The molecule has 5 rings (SSSR count). The minimum absolute atomic E-state index is 0.0203. The van der Waals surface area contributed by atoms with Crippen LogP contribution in [-0.4, -0.2) is 46.2 Å². The van der Waals surface area contributed by atoms with Crippen LogP contribution in [0.15, 0.2) is 54.9 Å². The van der Waals surface area contributed by atoms with Gasteiger partial charge < -0.3 is 9.64 Å². The quantitative estimate of drug-likeness (QED) is 0.362. The minimum Gasteiger partial charge on any atom is -0.378 e. The van der Waals surface area contributed by atoms with Crippen molar-refractivity contribution in [3.8, 4) is 21.8 Å². The largest absolute Gasteiger partial charge is 0.378 e. The molecule has 0 N–H and O–H groups in total. The number of thiophene rings is 1. The Bertz CT molecular complexity index is 1220.